The van der Waals surface area contributed by atoms with Crippen molar-refractivity contribution in [2.75, 3.05) is 14.2 Å². The van der Waals surface area contributed by atoms with Gasteiger partial charge in [0.2, 0.25) is 0 Å². The second-order valence-electron chi connectivity index (χ2n) is 5.91. The summed E-state index contributed by atoms with van der Waals surface area (Å²) in [5.41, 5.74) is 4.94. The molecule has 4 heteroatoms. The molecule has 2 heterocycles. The quantitative estimate of drug-likeness (QED) is 0.735. The molecule has 1 aliphatic rings. The van der Waals surface area contributed by atoms with E-state index in [9.17, 15) is 0 Å². The van der Waals surface area contributed by atoms with Crippen LogP contribution in [-0.4, -0.2) is 25.4 Å². The molecule has 3 aromatic rings. The monoisotopic (exact) mass is 318 g/mol. The van der Waals surface area contributed by atoms with Crippen molar-refractivity contribution in [2.24, 2.45) is 4.99 Å². The summed E-state index contributed by atoms with van der Waals surface area (Å²) >= 11 is 0. The lowest BCUT2D eigenvalue weighted by atomic mass is 9.98. The molecular weight excluding hydrogens is 300 g/mol. The third-order valence-electron chi connectivity index (χ3n) is 4.44. The first-order valence-electron chi connectivity index (χ1n) is 7.88. The van der Waals surface area contributed by atoms with E-state index >= 15 is 0 Å². The van der Waals surface area contributed by atoms with Gasteiger partial charge in [0.15, 0.2) is 11.5 Å². The lowest BCUT2D eigenvalue weighted by Crippen LogP contribution is -1.96. The van der Waals surface area contributed by atoms with Crippen molar-refractivity contribution in [1.29, 1.82) is 0 Å². The van der Waals surface area contributed by atoms with E-state index in [0.717, 1.165) is 35.2 Å². The summed E-state index contributed by atoms with van der Waals surface area (Å²) in [6.07, 6.45) is 6.56. The van der Waals surface area contributed by atoms with Crippen molar-refractivity contribution >= 4 is 17.0 Å². The fraction of sp³-hybridized carbons (Fsp3) is 0.200. The van der Waals surface area contributed by atoms with Crippen LogP contribution in [0.25, 0.3) is 10.8 Å². The van der Waals surface area contributed by atoms with Crippen LogP contribution < -0.4 is 9.47 Å². The van der Waals surface area contributed by atoms with Crippen LogP contribution in [-0.2, 0) is 13.0 Å². The van der Waals surface area contributed by atoms with Crippen LogP contribution in [0.4, 0.5) is 0 Å². The minimum atomic E-state index is 0.720. The molecule has 120 valence electrons. The number of ether oxygens (including phenoxy) is 2. The van der Waals surface area contributed by atoms with Crippen LogP contribution in [0.1, 0.15) is 22.3 Å². The van der Waals surface area contributed by atoms with Crippen LogP contribution in [0.3, 0.4) is 0 Å². The Kier molecular flexibility index (Phi) is 3.65. The van der Waals surface area contributed by atoms with Crippen molar-refractivity contribution in [1.82, 2.24) is 4.98 Å². The molecule has 0 fully saturated rings. The number of rotatable bonds is 4. The highest BCUT2D eigenvalue weighted by Gasteiger charge is 2.11. The zero-order valence-corrected chi connectivity index (χ0v) is 13.7. The first-order chi connectivity index (χ1) is 11.8. The molecule has 0 saturated heterocycles. The Hall–Kier alpha value is -2.88. The zero-order valence-electron chi connectivity index (χ0n) is 13.7. The molecule has 2 aromatic carbocycles. The average Bonchev–Trinajstić information content (AvgIpc) is 3.08. The Balaban J connectivity index is 1.77. The molecule has 0 bridgehead atoms. The van der Waals surface area contributed by atoms with E-state index < -0.39 is 0 Å². The standard InChI is InChI=1S/C20H18N2O2/c1-23-19-7-17-12-22-11-16(18(17)8-20(19)24-2)6-13-3-4-14-9-21-10-15(14)5-13/h3-5,7-8,10-12H,6,9H2,1-2H3. The molecule has 0 N–H and O–H groups in total. The van der Waals surface area contributed by atoms with E-state index in [1.54, 1.807) is 14.2 Å². The van der Waals surface area contributed by atoms with Gasteiger partial charge in [-0.05, 0) is 52.3 Å². The molecule has 0 atom stereocenters. The number of methoxy groups -OCH3 is 2. The van der Waals surface area contributed by atoms with Crippen LogP contribution in [0.5, 0.6) is 11.5 Å². The van der Waals surface area contributed by atoms with Crippen LogP contribution in [0, 0.1) is 0 Å². The van der Waals surface area contributed by atoms with Gasteiger partial charge < -0.3 is 9.47 Å². The van der Waals surface area contributed by atoms with Crippen LogP contribution in [0.2, 0.25) is 0 Å². The molecule has 1 aromatic heterocycles. The number of nitrogens with zero attached hydrogens (tertiary/aromatic N) is 2. The molecule has 1 aliphatic heterocycles. The molecule has 0 saturated carbocycles. The van der Waals surface area contributed by atoms with Gasteiger partial charge in [0.25, 0.3) is 0 Å². The Bertz CT molecular complexity index is 948. The van der Waals surface area contributed by atoms with E-state index in [2.05, 4.69) is 28.2 Å². The van der Waals surface area contributed by atoms with Gasteiger partial charge in [-0.1, -0.05) is 12.1 Å². The summed E-state index contributed by atoms with van der Waals surface area (Å²) in [4.78, 5) is 8.71. The maximum Gasteiger partial charge on any atom is 0.161 e. The van der Waals surface area contributed by atoms with Gasteiger partial charge in [0.1, 0.15) is 0 Å². The largest absolute Gasteiger partial charge is 0.493 e. The van der Waals surface area contributed by atoms with Gasteiger partial charge in [0, 0.05) is 24.0 Å². The maximum absolute atomic E-state index is 5.45. The SMILES string of the molecule is COc1cc2cncc(Cc3ccc4c(c3)C=NC4)c2cc1OC. The summed E-state index contributed by atoms with van der Waals surface area (Å²) in [7, 11) is 3.30. The van der Waals surface area contributed by atoms with Gasteiger partial charge >= 0.3 is 0 Å². The smallest absolute Gasteiger partial charge is 0.161 e. The van der Waals surface area contributed by atoms with Gasteiger partial charge in [-0.2, -0.15) is 0 Å². The van der Waals surface area contributed by atoms with Crippen molar-refractivity contribution < 1.29 is 9.47 Å². The molecule has 24 heavy (non-hydrogen) atoms. The second kappa shape index (κ2) is 5.96. The van der Waals surface area contributed by atoms with Crippen molar-refractivity contribution in [2.45, 2.75) is 13.0 Å². The predicted octanol–water partition coefficient (Wildman–Crippen LogP) is 3.78. The highest BCUT2D eigenvalue weighted by Crippen LogP contribution is 2.34. The average molecular weight is 318 g/mol. The van der Waals surface area contributed by atoms with Gasteiger partial charge in [-0.25, -0.2) is 0 Å². The van der Waals surface area contributed by atoms with Gasteiger partial charge in [0.05, 0.1) is 20.8 Å². The molecular formula is C20H18N2O2. The first kappa shape index (κ1) is 14.7. The molecule has 4 rings (SSSR count). The number of hydrogen-bond acceptors (Lipinski definition) is 4. The molecule has 0 amide bonds. The summed E-state index contributed by atoms with van der Waals surface area (Å²) in [5.74, 6) is 1.45. The highest BCUT2D eigenvalue weighted by atomic mass is 16.5. The van der Waals surface area contributed by atoms with Gasteiger partial charge in [-0.3, -0.25) is 9.98 Å². The normalized spacial score (nSPS) is 12.4. The fourth-order valence-corrected chi connectivity index (χ4v) is 3.18. The predicted molar refractivity (Wildman–Crippen MR) is 95.4 cm³/mol. The topological polar surface area (TPSA) is 43.7 Å². The Morgan fingerprint density at radius 2 is 1.83 bits per heavy atom. The Morgan fingerprint density at radius 3 is 2.67 bits per heavy atom. The molecule has 0 aliphatic carbocycles. The van der Waals surface area contributed by atoms with Crippen molar-refractivity contribution in [3.63, 3.8) is 0 Å². The Labute approximate surface area is 140 Å². The maximum atomic E-state index is 5.45. The summed E-state index contributed by atoms with van der Waals surface area (Å²) in [6, 6.07) is 10.6. The summed E-state index contributed by atoms with van der Waals surface area (Å²) in [6.45, 7) is 0.794. The van der Waals surface area contributed by atoms with Gasteiger partial charge in [-0.15, -0.1) is 0 Å². The number of hydrogen-bond donors (Lipinski definition) is 0. The molecule has 0 unspecified atom stereocenters. The summed E-state index contributed by atoms with van der Waals surface area (Å²) < 4.78 is 10.8. The van der Waals surface area contributed by atoms with E-state index in [4.69, 9.17) is 9.47 Å². The molecule has 0 radical (unpaired) electrons. The highest BCUT2D eigenvalue weighted by molar-refractivity contribution is 5.88. The lowest BCUT2D eigenvalue weighted by molar-refractivity contribution is 0.356. The first-order valence-corrected chi connectivity index (χ1v) is 7.88. The van der Waals surface area contributed by atoms with E-state index in [1.165, 1.54) is 22.3 Å². The van der Waals surface area contributed by atoms with E-state index in [1.807, 2.05) is 30.7 Å². The van der Waals surface area contributed by atoms with Crippen LogP contribution in [0.15, 0.2) is 47.7 Å². The molecule has 0 spiro atoms. The lowest BCUT2D eigenvalue weighted by Gasteiger charge is -2.12. The fourth-order valence-electron chi connectivity index (χ4n) is 3.18. The minimum Gasteiger partial charge on any atom is -0.493 e. The number of pyridine rings is 1. The minimum absolute atomic E-state index is 0.720. The summed E-state index contributed by atoms with van der Waals surface area (Å²) in [5, 5.41) is 2.18. The number of benzene rings is 2. The second-order valence-corrected chi connectivity index (χ2v) is 5.91. The van der Waals surface area contributed by atoms with E-state index in [-0.39, 0.29) is 0 Å². The van der Waals surface area contributed by atoms with Crippen LogP contribution >= 0.6 is 0 Å². The third-order valence-corrected chi connectivity index (χ3v) is 4.44. The zero-order chi connectivity index (χ0) is 16.5. The van der Waals surface area contributed by atoms with Crippen molar-refractivity contribution in [3.8, 4) is 11.5 Å². The molecule has 4 nitrogen and oxygen atoms in total. The number of aromatic nitrogens is 1. The number of fused-ring (bicyclic) bond motifs is 2. The Morgan fingerprint density at radius 1 is 1.00 bits per heavy atom. The van der Waals surface area contributed by atoms with E-state index in [0.29, 0.717) is 0 Å². The number of aliphatic imine (C=N–C) groups is 1. The third kappa shape index (κ3) is 2.50. The van der Waals surface area contributed by atoms with Crippen molar-refractivity contribution in [3.05, 3.63) is 65.0 Å².